The minimum absolute atomic E-state index is 0. The van der Waals surface area contributed by atoms with Crippen molar-refractivity contribution in [2.75, 3.05) is 52.6 Å². The molecule has 0 spiro atoms. The quantitative estimate of drug-likeness (QED) is 0.203. The molecule has 2 aliphatic rings. The number of carbonyl (C=O) groups is 1. The molecule has 1 saturated heterocycles. The highest BCUT2D eigenvalue weighted by Gasteiger charge is 2.21. The Hall–Kier alpha value is -0.910. The van der Waals surface area contributed by atoms with E-state index in [0.29, 0.717) is 25.4 Å². The van der Waals surface area contributed by atoms with Gasteiger partial charge in [-0.2, -0.15) is 0 Å². The van der Waals surface area contributed by atoms with Crippen LogP contribution in [0.2, 0.25) is 0 Å². The van der Waals surface area contributed by atoms with E-state index >= 15 is 0 Å². The van der Waals surface area contributed by atoms with E-state index in [1.165, 1.54) is 10.4 Å². The molecule has 7 nitrogen and oxygen atoms in total. The Morgan fingerprint density at radius 1 is 1.43 bits per heavy atom. The minimum atomic E-state index is 0. The molecule has 0 aromatic carbocycles. The first-order valence-corrected chi connectivity index (χ1v) is 11.6. The maximum Gasteiger partial charge on any atom is 0.224 e. The number of fused-ring (bicyclic) bond motifs is 1. The lowest BCUT2D eigenvalue weighted by Gasteiger charge is -2.27. The van der Waals surface area contributed by atoms with Gasteiger partial charge in [0.05, 0.1) is 13.2 Å². The van der Waals surface area contributed by atoms with E-state index in [1.807, 2.05) is 11.8 Å². The molecule has 0 radical (unpaired) electrons. The highest BCUT2D eigenvalue weighted by atomic mass is 127. The van der Waals surface area contributed by atoms with Crippen LogP contribution >= 0.6 is 35.3 Å². The SMILES string of the molecule is CCNC(=NCCCOCC1CCOC1)NCCC(=O)N1CCc2sccc2C1.I. The molecule has 1 unspecified atom stereocenters. The molecule has 0 aliphatic carbocycles. The second-order valence-corrected chi connectivity index (χ2v) is 8.53. The number of hydrogen-bond donors (Lipinski definition) is 2. The molecule has 170 valence electrons. The second kappa shape index (κ2) is 14.2. The van der Waals surface area contributed by atoms with Gasteiger partial charge in [-0.15, -0.1) is 35.3 Å². The van der Waals surface area contributed by atoms with E-state index in [0.717, 1.165) is 71.3 Å². The van der Waals surface area contributed by atoms with E-state index in [2.05, 4.69) is 27.1 Å². The maximum absolute atomic E-state index is 12.5. The van der Waals surface area contributed by atoms with E-state index < -0.39 is 0 Å². The smallest absolute Gasteiger partial charge is 0.224 e. The molecular formula is C21H35IN4O3S. The molecule has 1 fully saturated rings. The molecule has 30 heavy (non-hydrogen) atoms. The maximum atomic E-state index is 12.5. The first-order chi connectivity index (χ1) is 14.3. The van der Waals surface area contributed by atoms with Crippen LogP contribution in [0.25, 0.3) is 0 Å². The van der Waals surface area contributed by atoms with Gasteiger partial charge in [-0.25, -0.2) is 0 Å². The van der Waals surface area contributed by atoms with E-state index in [-0.39, 0.29) is 29.9 Å². The average molecular weight is 551 g/mol. The van der Waals surface area contributed by atoms with Crippen molar-refractivity contribution in [2.24, 2.45) is 10.9 Å². The lowest BCUT2D eigenvalue weighted by molar-refractivity contribution is -0.131. The van der Waals surface area contributed by atoms with Crippen LogP contribution in [0.15, 0.2) is 16.4 Å². The van der Waals surface area contributed by atoms with Crippen molar-refractivity contribution >= 4 is 47.2 Å². The zero-order valence-corrected chi connectivity index (χ0v) is 21.0. The highest BCUT2D eigenvalue weighted by molar-refractivity contribution is 14.0. The largest absolute Gasteiger partial charge is 0.381 e. The predicted octanol–water partition coefficient (Wildman–Crippen LogP) is 2.64. The number of ether oxygens (including phenoxy) is 2. The highest BCUT2D eigenvalue weighted by Crippen LogP contribution is 2.24. The summed E-state index contributed by atoms with van der Waals surface area (Å²) in [6.45, 7) is 8.92. The van der Waals surface area contributed by atoms with Crippen molar-refractivity contribution < 1.29 is 14.3 Å². The molecule has 2 N–H and O–H groups in total. The first-order valence-electron chi connectivity index (χ1n) is 10.8. The summed E-state index contributed by atoms with van der Waals surface area (Å²) in [5, 5.41) is 8.63. The van der Waals surface area contributed by atoms with Crippen molar-refractivity contribution in [3.8, 4) is 0 Å². The lowest BCUT2D eigenvalue weighted by atomic mass is 10.1. The van der Waals surface area contributed by atoms with Crippen LogP contribution in [0.4, 0.5) is 0 Å². The fourth-order valence-electron chi connectivity index (χ4n) is 3.57. The molecule has 9 heteroatoms. The van der Waals surface area contributed by atoms with Crippen LogP contribution in [-0.2, 0) is 27.2 Å². The zero-order valence-electron chi connectivity index (χ0n) is 17.9. The summed E-state index contributed by atoms with van der Waals surface area (Å²) in [5.41, 5.74) is 1.31. The summed E-state index contributed by atoms with van der Waals surface area (Å²) in [7, 11) is 0. The monoisotopic (exact) mass is 550 g/mol. The number of hydrogen-bond acceptors (Lipinski definition) is 5. The fourth-order valence-corrected chi connectivity index (χ4v) is 4.46. The second-order valence-electron chi connectivity index (χ2n) is 7.53. The Bertz CT molecular complexity index is 664. The topological polar surface area (TPSA) is 75.2 Å². The number of thiophene rings is 1. The normalized spacial score (nSPS) is 18.6. The van der Waals surface area contributed by atoms with Crippen molar-refractivity contribution in [3.63, 3.8) is 0 Å². The molecule has 0 saturated carbocycles. The van der Waals surface area contributed by atoms with Crippen LogP contribution in [0, 0.1) is 5.92 Å². The van der Waals surface area contributed by atoms with Crippen molar-refractivity contribution in [1.29, 1.82) is 0 Å². The standard InChI is InChI=1S/C21H34N4O3S.HI/c1-2-22-21(23-8-3-11-27-15-17-6-12-28-16-17)24-9-4-20(26)25-10-5-19-18(14-25)7-13-29-19;/h7,13,17H,2-6,8-12,14-16H2,1H3,(H2,22,23,24);1H. The van der Waals surface area contributed by atoms with Crippen LogP contribution in [0.3, 0.4) is 0 Å². The van der Waals surface area contributed by atoms with Gasteiger partial charge >= 0.3 is 0 Å². The number of amides is 1. The molecule has 1 atom stereocenters. The van der Waals surface area contributed by atoms with E-state index in [9.17, 15) is 4.79 Å². The molecular weight excluding hydrogens is 515 g/mol. The number of nitrogens with zero attached hydrogens (tertiary/aromatic N) is 2. The predicted molar refractivity (Wildman–Crippen MR) is 132 cm³/mol. The van der Waals surface area contributed by atoms with Gasteiger partial charge in [-0.3, -0.25) is 9.79 Å². The number of carbonyl (C=O) groups excluding carboxylic acids is 1. The molecule has 3 heterocycles. The Morgan fingerprint density at radius 3 is 3.13 bits per heavy atom. The average Bonchev–Trinajstić information content (AvgIpc) is 3.41. The summed E-state index contributed by atoms with van der Waals surface area (Å²) in [6.07, 6.45) is 3.46. The first kappa shape index (κ1) is 25.4. The van der Waals surface area contributed by atoms with Crippen LogP contribution in [0.5, 0.6) is 0 Å². The number of rotatable bonds is 10. The third kappa shape index (κ3) is 8.32. The molecule has 1 aromatic heterocycles. The van der Waals surface area contributed by atoms with E-state index in [1.54, 1.807) is 11.3 Å². The summed E-state index contributed by atoms with van der Waals surface area (Å²) >= 11 is 1.80. The minimum Gasteiger partial charge on any atom is -0.381 e. The van der Waals surface area contributed by atoms with Gasteiger partial charge < -0.3 is 25.0 Å². The Labute approximate surface area is 201 Å². The Morgan fingerprint density at radius 2 is 2.33 bits per heavy atom. The van der Waals surface area contributed by atoms with Gasteiger partial charge in [0.1, 0.15) is 0 Å². The Balaban J connectivity index is 0.00000320. The van der Waals surface area contributed by atoms with Gasteiger partial charge in [-0.1, -0.05) is 0 Å². The van der Waals surface area contributed by atoms with Gasteiger partial charge in [0, 0.05) is 63.2 Å². The third-order valence-electron chi connectivity index (χ3n) is 5.23. The van der Waals surface area contributed by atoms with Gasteiger partial charge in [0.15, 0.2) is 5.96 Å². The molecule has 0 bridgehead atoms. The Kier molecular flexibility index (Phi) is 12.0. The summed E-state index contributed by atoms with van der Waals surface area (Å²) < 4.78 is 11.1. The molecule has 1 aromatic rings. The summed E-state index contributed by atoms with van der Waals surface area (Å²) in [4.78, 5) is 20.5. The van der Waals surface area contributed by atoms with Crippen LogP contribution < -0.4 is 10.6 Å². The van der Waals surface area contributed by atoms with Crippen LogP contribution in [-0.4, -0.2) is 69.4 Å². The fraction of sp³-hybridized carbons (Fsp3) is 0.714. The number of halogens is 1. The number of guanidine groups is 1. The zero-order chi connectivity index (χ0) is 20.3. The summed E-state index contributed by atoms with van der Waals surface area (Å²) in [6, 6.07) is 2.14. The van der Waals surface area contributed by atoms with Gasteiger partial charge in [-0.05, 0) is 43.2 Å². The van der Waals surface area contributed by atoms with Crippen LogP contribution in [0.1, 0.15) is 36.6 Å². The number of nitrogens with one attached hydrogen (secondary N) is 2. The molecule has 3 rings (SSSR count). The molecule has 1 amide bonds. The van der Waals surface area contributed by atoms with Crippen molar-refractivity contribution in [3.05, 3.63) is 21.9 Å². The molecule has 2 aliphatic heterocycles. The van der Waals surface area contributed by atoms with Crippen molar-refractivity contribution in [2.45, 2.75) is 39.2 Å². The van der Waals surface area contributed by atoms with Crippen molar-refractivity contribution in [1.82, 2.24) is 15.5 Å². The van der Waals surface area contributed by atoms with Gasteiger partial charge in [0.2, 0.25) is 5.91 Å². The lowest BCUT2D eigenvalue weighted by Crippen LogP contribution is -2.41. The summed E-state index contributed by atoms with van der Waals surface area (Å²) in [5.74, 6) is 1.53. The van der Waals surface area contributed by atoms with Gasteiger partial charge in [0.25, 0.3) is 0 Å². The number of aliphatic imine (C=N–C) groups is 1. The third-order valence-corrected chi connectivity index (χ3v) is 6.25. The van der Waals surface area contributed by atoms with E-state index in [4.69, 9.17) is 9.47 Å².